The second kappa shape index (κ2) is 11.5. The molecule has 0 rings (SSSR count). The van der Waals surface area contributed by atoms with Crippen LogP contribution in [-0.2, 0) is 0 Å². The van der Waals surface area contributed by atoms with E-state index < -0.39 is 15.6 Å². The van der Waals surface area contributed by atoms with Gasteiger partial charge in [-0.2, -0.15) is 0 Å². The van der Waals surface area contributed by atoms with Crippen molar-refractivity contribution in [2.75, 3.05) is 56.4 Å². The van der Waals surface area contributed by atoms with Crippen LogP contribution in [0.3, 0.4) is 0 Å². The first-order chi connectivity index (χ1) is 15.1. The van der Waals surface area contributed by atoms with Crippen LogP contribution in [-0.4, -0.2) is 87.8 Å². The van der Waals surface area contributed by atoms with E-state index in [9.17, 15) is 50.4 Å². The number of allylic oxidation sites excluding steroid dienone is 6. The summed E-state index contributed by atoms with van der Waals surface area (Å²) in [6.07, 6.45) is 16.7. The predicted molar refractivity (Wildman–Crippen MR) is 125 cm³/mol. The SMILES string of the molecule is CN(C)/C=C/C(=C/C=[N+](C)C)C(=C\C=[N+](C)C)/C=C/N(C)C.F[P-](F)(F)(F)(F)F.F[P-](F)(F)(F)(F)F. The summed E-state index contributed by atoms with van der Waals surface area (Å²) in [5.74, 6) is 0. The van der Waals surface area contributed by atoms with Crippen molar-refractivity contribution in [3.8, 4) is 0 Å². The van der Waals surface area contributed by atoms with Gasteiger partial charge in [0, 0.05) is 40.3 Å². The summed E-state index contributed by atoms with van der Waals surface area (Å²) in [6, 6.07) is 0. The van der Waals surface area contributed by atoms with E-state index in [2.05, 4.69) is 49.1 Å². The van der Waals surface area contributed by atoms with E-state index in [1.54, 1.807) is 0 Å². The number of halogens is 12. The van der Waals surface area contributed by atoms with Gasteiger partial charge in [-0.05, 0) is 35.7 Å². The molecular weight excluding hydrogens is 562 g/mol. The molecule has 0 bridgehead atoms. The van der Waals surface area contributed by atoms with Crippen molar-refractivity contribution in [3.63, 3.8) is 0 Å². The molecular formula is C18H32F12N4P2. The first-order valence-electron chi connectivity index (χ1n) is 9.38. The molecule has 0 saturated heterocycles. The Balaban J connectivity index is -0.000000632. The zero-order chi connectivity index (χ0) is 29.9. The Labute approximate surface area is 202 Å². The fourth-order valence-electron chi connectivity index (χ4n) is 1.41. The molecule has 0 aliphatic rings. The van der Waals surface area contributed by atoms with Gasteiger partial charge in [0.15, 0.2) is 12.4 Å². The fourth-order valence-corrected chi connectivity index (χ4v) is 1.41. The monoisotopic (exact) mass is 594 g/mol. The van der Waals surface area contributed by atoms with E-state index >= 15 is 0 Å². The Bertz CT molecular complexity index is 799. The maximum atomic E-state index is 9.87. The van der Waals surface area contributed by atoms with Crippen molar-refractivity contribution >= 4 is 28.0 Å². The summed E-state index contributed by atoms with van der Waals surface area (Å²) in [6.45, 7) is 0. The fraction of sp³-hybridized carbons (Fsp3) is 0.444. The first-order valence-corrected chi connectivity index (χ1v) is 13.4. The number of hydrogen-bond donors (Lipinski definition) is 0. The van der Waals surface area contributed by atoms with Crippen LogP contribution in [0.25, 0.3) is 0 Å². The molecule has 0 heterocycles. The van der Waals surface area contributed by atoms with E-state index in [0.717, 1.165) is 11.1 Å². The summed E-state index contributed by atoms with van der Waals surface area (Å²) in [5.41, 5.74) is 2.30. The van der Waals surface area contributed by atoms with Gasteiger partial charge < -0.3 is 9.80 Å². The molecule has 0 saturated carbocycles. The van der Waals surface area contributed by atoms with Gasteiger partial charge >= 0.3 is 66.0 Å². The number of nitrogens with zero attached hydrogens (tertiary/aromatic N) is 4. The van der Waals surface area contributed by atoms with Crippen molar-refractivity contribution < 1.29 is 59.5 Å². The van der Waals surface area contributed by atoms with Crippen LogP contribution < -0.4 is 0 Å². The summed E-state index contributed by atoms with van der Waals surface area (Å²) in [5, 5.41) is 0. The van der Waals surface area contributed by atoms with E-state index in [1.807, 2.05) is 75.3 Å². The molecule has 0 spiro atoms. The molecule has 0 aromatic rings. The summed E-state index contributed by atoms with van der Waals surface area (Å²) < 4.78 is 122. The Morgan fingerprint density at radius 1 is 0.500 bits per heavy atom. The van der Waals surface area contributed by atoms with Gasteiger partial charge in [0.25, 0.3) is 0 Å². The third-order valence-electron chi connectivity index (χ3n) is 2.54. The molecule has 0 N–H and O–H groups in total. The molecule has 0 amide bonds. The number of rotatable bonds is 7. The van der Waals surface area contributed by atoms with Gasteiger partial charge in [-0.25, -0.2) is 9.15 Å². The Kier molecular flexibility index (Phi) is 12.3. The Morgan fingerprint density at radius 2 is 0.694 bits per heavy atom. The second-order valence-electron chi connectivity index (χ2n) is 7.94. The van der Waals surface area contributed by atoms with E-state index in [-0.39, 0.29) is 0 Å². The predicted octanol–water partition coefficient (Wildman–Crippen LogP) is 8.44. The van der Waals surface area contributed by atoms with Gasteiger partial charge in [0.05, 0.1) is 0 Å². The molecule has 0 aliphatic carbocycles. The molecule has 18 heteroatoms. The van der Waals surface area contributed by atoms with Crippen LogP contribution in [0.2, 0.25) is 0 Å². The molecule has 0 fully saturated rings. The van der Waals surface area contributed by atoms with Crippen molar-refractivity contribution in [1.82, 2.24) is 9.80 Å². The van der Waals surface area contributed by atoms with Crippen LogP contribution >= 0.6 is 15.6 Å². The Hall–Kier alpha value is -2.08. The van der Waals surface area contributed by atoms with E-state index in [0.29, 0.717) is 0 Å². The van der Waals surface area contributed by atoms with E-state index in [4.69, 9.17) is 0 Å². The maximum absolute atomic E-state index is 10.7. The molecule has 218 valence electrons. The third-order valence-corrected chi connectivity index (χ3v) is 2.54. The van der Waals surface area contributed by atoms with Gasteiger partial charge in [0.1, 0.15) is 28.2 Å². The van der Waals surface area contributed by atoms with Gasteiger partial charge in [-0.15, -0.1) is 0 Å². The van der Waals surface area contributed by atoms with Crippen molar-refractivity contribution in [1.29, 1.82) is 0 Å². The topological polar surface area (TPSA) is 12.5 Å². The molecule has 0 aliphatic heterocycles. The summed E-state index contributed by atoms with van der Waals surface area (Å²) >= 11 is 0. The van der Waals surface area contributed by atoms with Crippen LogP contribution in [0.5, 0.6) is 0 Å². The van der Waals surface area contributed by atoms with Crippen molar-refractivity contribution in [2.45, 2.75) is 0 Å². The third kappa shape index (κ3) is 63.5. The molecule has 0 radical (unpaired) electrons. The zero-order valence-electron chi connectivity index (χ0n) is 20.8. The average Bonchev–Trinajstić information content (AvgIpc) is 2.49. The second-order valence-corrected chi connectivity index (χ2v) is 11.8. The molecule has 0 aromatic heterocycles. The normalized spacial score (nSPS) is 16.8. The van der Waals surface area contributed by atoms with Crippen LogP contribution in [0, 0.1) is 0 Å². The summed E-state index contributed by atoms with van der Waals surface area (Å²) in [7, 11) is -5.13. The van der Waals surface area contributed by atoms with Gasteiger partial charge in [0.2, 0.25) is 0 Å². The molecule has 0 aromatic carbocycles. The van der Waals surface area contributed by atoms with Crippen molar-refractivity contribution in [2.24, 2.45) is 0 Å². The number of hydrogen-bond acceptors (Lipinski definition) is 2. The van der Waals surface area contributed by atoms with Crippen molar-refractivity contribution in [3.05, 3.63) is 47.9 Å². The molecule has 0 unspecified atom stereocenters. The van der Waals surface area contributed by atoms with Crippen LogP contribution in [0.15, 0.2) is 47.9 Å². The summed E-state index contributed by atoms with van der Waals surface area (Å²) in [4.78, 5) is 4.07. The van der Waals surface area contributed by atoms with Gasteiger partial charge in [-0.1, -0.05) is 0 Å². The van der Waals surface area contributed by atoms with Crippen LogP contribution in [0.1, 0.15) is 0 Å². The quantitative estimate of drug-likeness (QED) is 0.0965. The molecule has 0 atom stereocenters. The standard InChI is InChI=1S/C18H32N4.2F6P/c1-19(2)13-9-17(10-14-20(3)4)18(11-15-21(5)6)12-16-22(7)8;2*1-7(2,3,4,5)6/h9-16H,1-8H3;;/q+2;2*-1. The van der Waals surface area contributed by atoms with Crippen LogP contribution in [0.4, 0.5) is 50.4 Å². The van der Waals surface area contributed by atoms with Gasteiger partial charge in [-0.3, -0.25) is 0 Å². The Morgan fingerprint density at radius 3 is 0.833 bits per heavy atom. The molecule has 36 heavy (non-hydrogen) atoms. The minimum absolute atomic E-state index is 1.15. The average molecular weight is 594 g/mol. The zero-order valence-corrected chi connectivity index (χ0v) is 22.6. The molecule has 4 nitrogen and oxygen atoms in total. The minimum atomic E-state index is -10.7. The first kappa shape index (κ1) is 38.5. The van der Waals surface area contributed by atoms with E-state index in [1.165, 1.54) is 0 Å².